The van der Waals surface area contributed by atoms with Gasteiger partial charge in [0.1, 0.15) is 36.5 Å². The second-order valence-corrected chi connectivity index (χ2v) is 16.0. The highest BCUT2D eigenvalue weighted by Gasteiger charge is 2.65. The molecule has 10 nitrogen and oxygen atoms in total. The number of carbonyl (C=O) groups is 1. The van der Waals surface area contributed by atoms with Crippen LogP contribution >= 0.6 is 23.4 Å². The van der Waals surface area contributed by atoms with E-state index in [1.165, 1.54) is 0 Å². The minimum atomic E-state index is -1.38. The van der Waals surface area contributed by atoms with E-state index in [2.05, 4.69) is 18.7 Å². The highest BCUT2D eigenvalue weighted by molar-refractivity contribution is 7.98. The molecule has 0 radical (unpaired) electrons. The second-order valence-electron chi connectivity index (χ2n) is 14.7. The van der Waals surface area contributed by atoms with Gasteiger partial charge in [-0.15, -0.1) is 29.9 Å². The van der Waals surface area contributed by atoms with Gasteiger partial charge in [-0.1, -0.05) is 60.5 Å². The lowest BCUT2D eigenvalue weighted by Gasteiger charge is -2.59. The van der Waals surface area contributed by atoms with E-state index in [0.717, 1.165) is 53.0 Å². The van der Waals surface area contributed by atoms with E-state index in [1.807, 2.05) is 73.0 Å². The zero-order chi connectivity index (χ0) is 40.2. The van der Waals surface area contributed by atoms with Gasteiger partial charge in [-0.3, -0.25) is 0 Å². The summed E-state index contributed by atoms with van der Waals surface area (Å²) in [7, 11) is 1.70. The molecule has 3 aromatic rings. The summed E-state index contributed by atoms with van der Waals surface area (Å²) in [4.78, 5) is 22.6. The molecular weight excluding hydrogens is 764 g/mol. The molecule has 0 spiro atoms. The number of hydrogen-bond donors (Lipinski definition) is 2. The van der Waals surface area contributed by atoms with Crippen molar-refractivity contribution in [3.8, 4) is 17.2 Å². The number of carbonyl (C=O) groups excluding carboxylic acids is 1. The highest BCUT2D eigenvalue weighted by Crippen LogP contribution is 2.62. The number of hydrogen-bond acceptors (Lipinski definition) is 10. The number of unbranched alkanes of at least 4 members (excludes halogenated alkanes) is 2. The van der Waals surface area contributed by atoms with Crippen molar-refractivity contribution >= 4 is 35.2 Å². The lowest BCUT2D eigenvalue weighted by atomic mass is 9.55. The fourth-order valence-electron chi connectivity index (χ4n) is 8.69. The Kier molecular flexibility index (Phi) is 15.4. The van der Waals surface area contributed by atoms with E-state index in [9.17, 15) is 15.0 Å². The number of amides is 1. The average Bonchev–Trinajstić information content (AvgIpc) is 3.24. The van der Waals surface area contributed by atoms with Crippen LogP contribution in [0.1, 0.15) is 62.0 Å². The van der Waals surface area contributed by atoms with Gasteiger partial charge < -0.3 is 38.9 Å². The smallest absolute Gasteiger partial charge is 0.410 e. The fourth-order valence-corrected chi connectivity index (χ4v) is 9.17. The lowest BCUT2D eigenvalue weighted by Crippen LogP contribution is -2.69. The first-order valence-corrected chi connectivity index (χ1v) is 21.6. The quantitative estimate of drug-likeness (QED) is 0.0378. The van der Waals surface area contributed by atoms with Crippen molar-refractivity contribution in [2.75, 3.05) is 45.6 Å². The van der Waals surface area contributed by atoms with Gasteiger partial charge in [0.15, 0.2) is 0 Å². The number of ether oxygens (including phenoxy) is 4. The van der Waals surface area contributed by atoms with Gasteiger partial charge in [0.05, 0.1) is 24.1 Å². The molecule has 0 saturated heterocycles. The summed E-state index contributed by atoms with van der Waals surface area (Å²) in [5, 5.41) is 24.6. The number of aliphatic hydroxyl groups is 2. The van der Waals surface area contributed by atoms with Crippen LogP contribution in [-0.2, 0) is 20.9 Å². The average molecular weight is 819 g/mol. The van der Waals surface area contributed by atoms with E-state index < -0.39 is 23.8 Å². The molecule has 57 heavy (non-hydrogen) atoms. The van der Waals surface area contributed by atoms with Crippen LogP contribution in [0.3, 0.4) is 0 Å². The van der Waals surface area contributed by atoms with Crippen molar-refractivity contribution in [3.05, 3.63) is 108 Å². The zero-order valence-corrected chi connectivity index (χ0v) is 34.5. The molecule has 6 rings (SSSR count). The van der Waals surface area contributed by atoms with E-state index in [0.29, 0.717) is 30.1 Å². The molecule has 1 aliphatic heterocycles. The van der Waals surface area contributed by atoms with Crippen molar-refractivity contribution in [2.24, 2.45) is 22.9 Å². The number of alkyl halides is 1. The molecule has 0 unspecified atom stereocenters. The van der Waals surface area contributed by atoms with Gasteiger partial charge >= 0.3 is 6.09 Å². The summed E-state index contributed by atoms with van der Waals surface area (Å²) in [6.45, 7) is 4.68. The summed E-state index contributed by atoms with van der Waals surface area (Å²) in [6, 6.07) is 23.1. The molecule has 3 aromatic carbocycles. The third-order valence-electron chi connectivity index (χ3n) is 11.2. The Balaban J connectivity index is 1.54. The topological polar surface area (TPSA) is 119 Å². The van der Waals surface area contributed by atoms with Gasteiger partial charge in [-0.2, -0.15) is 0 Å². The van der Waals surface area contributed by atoms with Gasteiger partial charge in [-0.25, -0.2) is 4.79 Å². The Bertz CT molecular complexity index is 1840. The van der Waals surface area contributed by atoms with E-state index in [1.54, 1.807) is 29.8 Å². The molecule has 1 fully saturated rings. The number of benzene rings is 3. The Hall–Kier alpha value is -4.00. The normalized spacial score (nSPS) is 24.1. The molecule has 1 amide bonds. The Morgan fingerprint density at radius 3 is 2.47 bits per heavy atom. The minimum absolute atomic E-state index is 0.0469. The fraction of sp³-hybridized carbons (Fsp3) is 0.467. The van der Waals surface area contributed by atoms with Crippen LogP contribution in [0, 0.1) is 17.8 Å². The number of nitrogens with zero attached hydrogens (tertiary/aromatic N) is 2. The molecule has 1 heterocycles. The number of allylic oxidation sites excluding steroid dienone is 1. The Labute approximate surface area is 345 Å². The number of halogens is 1. The van der Waals surface area contributed by atoms with Gasteiger partial charge in [0.25, 0.3) is 0 Å². The predicted octanol–water partition coefficient (Wildman–Crippen LogP) is 9.34. The first-order valence-electron chi connectivity index (χ1n) is 19.9. The number of likely N-dealkylation sites (N-methyl/N-ethyl adjacent to an activating group) is 1. The monoisotopic (exact) mass is 818 g/mol. The molecule has 12 heteroatoms. The molecular formula is C45H55ClN2O8S. The number of rotatable bonds is 20. The highest BCUT2D eigenvalue weighted by atomic mass is 35.5. The molecule has 2 N–H and O–H groups in total. The van der Waals surface area contributed by atoms with Crippen LogP contribution in [-0.4, -0.2) is 84.4 Å². The Morgan fingerprint density at radius 1 is 1.04 bits per heavy atom. The summed E-state index contributed by atoms with van der Waals surface area (Å²) >= 11 is 7.63. The maximum atomic E-state index is 13.8. The van der Waals surface area contributed by atoms with Crippen LogP contribution in [0.5, 0.6) is 17.2 Å². The predicted molar refractivity (Wildman–Crippen MR) is 224 cm³/mol. The summed E-state index contributed by atoms with van der Waals surface area (Å²) in [5.41, 5.74) is 3.61. The lowest BCUT2D eigenvalue weighted by molar-refractivity contribution is -0.253. The summed E-state index contributed by atoms with van der Waals surface area (Å²) in [6.07, 6.45) is 10.4. The largest absolute Gasteiger partial charge is 0.459 e. The number of oxime groups is 1. The van der Waals surface area contributed by atoms with E-state index >= 15 is 0 Å². The van der Waals surface area contributed by atoms with Crippen molar-refractivity contribution in [1.82, 2.24) is 4.90 Å². The van der Waals surface area contributed by atoms with Crippen molar-refractivity contribution in [2.45, 2.75) is 74.2 Å². The van der Waals surface area contributed by atoms with Crippen LogP contribution in [0.15, 0.2) is 107 Å². The maximum absolute atomic E-state index is 13.8. The molecule has 3 aliphatic rings. The third-order valence-corrected chi connectivity index (χ3v) is 12.1. The molecule has 1 saturated carbocycles. The van der Waals surface area contributed by atoms with Crippen molar-refractivity contribution in [1.29, 1.82) is 0 Å². The van der Waals surface area contributed by atoms with Crippen LogP contribution in [0.4, 0.5) is 4.79 Å². The molecule has 6 atom stereocenters. The molecule has 306 valence electrons. The summed E-state index contributed by atoms with van der Waals surface area (Å²) in [5.74, 6) is 0.344. The third kappa shape index (κ3) is 9.83. The minimum Gasteiger partial charge on any atom is -0.459 e. The Morgan fingerprint density at radius 2 is 1.77 bits per heavy atom. The molecule has 0 bridgehead atoms. The maximum Gasteiger partial charge on any atom is 0.410 e. The van der Waals surface area contributed by atoms with E-state index in [-0.39, 0.29) is 63.1 Å². The SMILES string of the molecule is C=CCO[C@@]12Oc3ccc(Oc4ccc(SC)cc4)cc3[C@H]3[C@H](CCCCO)[C@@H](CCCCO)C=C(C(=NOCc4ccccc4)C[C@@H]1N(C)C(=O)OCCCl)[C@H]32. The van der Waals surface area contributed by atoms with E-state index in [4.69, 9.17) is 40.5 Å². The summed E-state index contributed by atoms with van der Waals surface area (Å²) < 4.78 is 26.2. The number of aliphatic hydroxyl groups excluding tert-OH is 2. The van der Waals surface area contributed by atoms with Crippen LogP contribution in [0.25, 0.3) is 0 Å². The van der Waals surface area contributed by atoms with Gasteiger partial charge in [-0.05, 0) is 97.4 Å². The molecule has 2 aliphatic carbocycles. The number of thioether (sulfide) groups is 1. The number of fused-ring (bicyclic) bond motifs is 2. The molecule has 0 aromatic heterocycles. The van der Waals surface area contributed by atoms with Crippen molar-refractivity contribution in [3.63, 3.8) is 0 Å². The first kappa shape index (κ1) is 42.6. The second kappa shape index (κ2) is 20.6. The van der Waals surface area contributed by atoms with Crippen LogP contribution < -0.4 is 9.47 Å². The first-order chi connectivity index (χ1) is 27.9. The zero-order valence-electron chi connectivity index (χ0n) is 32.9. The van der Waals surface area contributed by atoms with Gasteiger partial charge in [0, 0.05) is 43.1 Å². The standard InChI is InChI=1S/C45H55ClN2O8S/c1-4-25-53-45-41(48(2)44(51)52-26-22-46)29-39(47-54-30-31-12-6-5-7-13-31)37-27-32(14-8-10-23-49)36(15-9-11-24-50)42(43(37)45)38-28-34(18-21-40(38)56-45)55-33-16-19-35(57-3)20-17-33/h4-7,12-13,16-21,27-28,32,36,41-43,49-50H,1,8-11,14-15,22-26,29-30H2,2-3H3/t32-,36+,41-,42+,43+,45+/m0/s1. The van der Waals surface area contributed by atoms with Crippen LogP contribution in [0.2, 0.25) is 0 Å². The van der Waals surface area contributed by atoms with Crippen molar-refractivity contribution < 1.29 is 38.8 Å². The van der Waals surface area contributed by atoms with Gasteiger partial charge in [0.2, 0.25) is 5.79 Å².